The first-order chi connectivity index (χ1) is 9.58. The average Bonchev–Trinajstić information content (AvgIpc) is 2.48. The Bertz CT molecular complexity index is 563. The molecule has 1 amide bonds. The minimum atomic E-state index is 0.112. The topological polar surface area (TPSA) is 46.3 Å². The van der Waals surface area contributed by atoms with Crippen LogP contribution in [0.5, 0.6) is 0 Å². The van der Waals surface area contributed by atoms with E-state index in [-0.39, 0.29) is 11.8 Å². The molecule has 2 N–H and O–H groups in total. The van der Waals surface area contributed by atoms with Crippen molar-refractivity contribution < 1.29 is 4.79 Å². The van der Waals surface area contributed by atoms with Gasteiger partial charge < -0.3 is 10.6 Å². The molecule has 0 bridgehead atoms. The number of para-hydroxylation sites is 1. The summed E-state index contributed by atoms with van der Waals surface area (Å²) in [6.07, 6.45) is 0.481. The zero-order chi connectivity index (χ0) is 14.5. The van der Waals surface area contributed by atoms with Crippen LogP contribution in [0.2, 0.25) is 0 Å². The van der Waals surface area contributed by atoms with Crippen molar-refractivity contribution in [2.75, 3.05) is 17.7 Å². The van der Waals surface area contributed by atoms with Crippen LogP contribution in [0.3, 0.4) is 0 Å². The molecule has 0 aliphatic carbocycles. The standard InChI is InChI=1S/C17H20N2O/c1-13(14-8-10-15(18)11-9-14)12-17(20)19(2)16-6-4-3-5-7-16/h3-11,13H,12,18H2,1-2H3. The Labute approximate surface area is 120 Å². The van der Waals surface area contributed by atoms with Crippen molar-refractivity contribution >= 4 is 17.3 Å². The summed E-state index contributed by atoms with van der Waals surface area (Å²) in [6.45, 7) is 2.06. The molecule has 0 radical (unpaired) electrons. The monoisotopic (exact) mass is 268 g/mol. The van der Waals surface area contributed by atoms with E-state index in [2.05, 4.69) is 6.92 Å². The maximum Gasteiger partial charge on any atom is 0.227 e. The van der Waals surface area contributed by atoms with E-state index in [0.29, 0.717) is 6.42 Å². The van der Waals surface area contributed by atoms with Gasteiger partial charge in [-0.3, -0.25) is 4.79 Å². The van der Waals surface area contributed by atoms with E-state index in [1.54, 1.807) is 4.90 Å². The third-order valence-electron chi connectivity index (χ3n) is 3.50. The highest BCUT2D eigenvalue weighted by Gasteiger charge is 2.15. The van der Waals surface area contributed by atoms with Crippen LogP contribution in [0.4, 0.5) is 11.4 Å². The lowest BCUT2D eigenvalue weighted by atomic mass is 9.97. The van der Waals surface area contributed by atoms with Gasteiger partial charge >= 0.3 is 0 Å². The molecular weight excluding hydrogens is 248 g/mol. The normalized spacial score (nSPS) is 11.9. The number of nitrogen functional groups attached to an aromatic ring is 1. The number of carbonyl (C=O) groups excluding carboxylic acids is 1. The lowest BCUT2D eigenvalue weighted by molar-refractivity contribution is -0.118. The van der Waals surface area contributed by atoms with Gasteiger partial charge in [0.2, 0.25) is 5.91 Å². The van der Waals surface area contributed by atoms with Crippen molar-refractivity contribution in [1.29, 1.82) is 0 Å². The first-order valence-corrected chi connectivity index (χ1v) is 6.75. The molecule has 0 aliphatic rings. The lowest BCUT2D eigenvalue weighted by Gasteiger charge is -2.20. The molecule has 0 aromatic heterocycles. The Balaban J connectivity index is 2.02. The number of carbonyl (C=O) groups is 1. The Hall–Kier alpha value is -2.29. The van der Waals surface area contributed by atoms with Gasteiger partial charge in [0.25, 0.3) is 0 Å². The number of nitrogens with two attached hydrogens (primary N) is 1. The van der Waals surface area contributed by atoms with Gasteiger partial charge in [-0.15, -0.1) is 0 Å². The second kappa shape index (κ2) is 6.24. The maximum absolute atomic E-state index is 12.3. The van der Waals surface area contributed by atoms with Crippen molar-refractivity contribution in [3.8, 4) is 0 Å². The molecule has 0 aliphatic heterocycles. The van der Waals surface area contributed by atoms with E-state index >= 15 is 0 Å². The molecule has 2 aromatic rings. The van der Waals surface area contributed by atoms with Crippen molar-refractivity contribution in [2.24, 2.45) is 0 Å². The number of hydrogen-bond acceptors (Lipinski definition) is 2. The van der Waals surface area contributed by atoms with Crippen LogP contribution in [0.25, 0.3) is 0 Å². The van der Waals surface area contributed by atoms with Gasteiger partial charge in [0.05, 0.1) is 0 Å². The van der Waals surface area contributed by atoms with Crippen LogP contribution in [-0.4, -0.2) is 13.0 Å². The summed E-state index contributed by atoms with van der Waals surface area (Å²) in [4.78, 5) is 14.0. The molecule has 20 heavy (non-hydrogen) atoms. The van der Waals surface area contributed by atoms with Crippen LogP contribution in [0.15, 0.2) is 54.6 Å². The molecule has 2 aromatic carbocycles. The fourth-order valence-corrected chi connectivity index (χ4v) is 2.14. The molecule has 0 fully saturated rings. The quantitative estimate of drug-likeness (QED) is 0.864. The van der Waals surface area contributed by atoms with Crippen LogP contribution < -0.4 is 10.6 Å². The van der Waals surface area contributed by atoms with Gasteiger partial charge in [0, 0.05) is 24.8 Å². The van der Waals surface area contributed by atoms with Crippen LogP contribution in [0.1, 0.15) is 24.8 Å². The molecule has 104 valence electrons. The van der Waals surface area contributed by atoms with E-state index in [4.69, 9.17) is 5.73 Å². The number of hydrogen-bond donors (Lipinski definition) is 1. The minimum absolute atomic E-state index is 0.112. The molecule has 3 heteroatoms. The zero-order valence-corrected chi connectivity index (χ0v) is 11.9. The molecule has 0 saturated carbocycles. The lowest BCUT2D eigenvalue weighted by Crippen LogP contribution is -2.27. The molecule has 2 rings (SSSR count). The average molecular weight is 268 g/mol. The van der Waals surface area contributed by atoms with Crippen LogP contribution >= 0.6 is 0 Å². The van der Waals surface area contributed by atoms with Gasteiger partial charge in [-0.25, -0.2) is 0 Å². The van der Waals surface area contributed by atoms with Gasteiger partial charge in [-0.1, -0.05) is 37.3 Å². The summed E-state index contributed by atoms with van der Waals surface area (Å²) < 4.78 is 0. The predicted molar refractivity (Wildman–Crippen MR) is 83.7 cm³/mol. The Morgan fingerprint density at radius 2 is 1.70 bits per heavy atom. The van der Waals surface area contributed by atoms with E-state index in [1.807, 2.05) is 61.6 Å². The first kappa shape index (κ1) is 14.1. The van der Waals surface area contributed by atoms with Gasteiger partial charge in [0.15, 0.2) is 0 Å². The summed E-state index contributed by atoms with van der Waals surface area (Å²) in [6, 6.07) is 17.4. The Morgan fingerprint density at radius 3 is 2.30 bits per heavy atom. The third kappa shape index (κ3) is 3.38. The van der Waals surface area contributed by atoms with Gasteiger partial charge in [0.1, 0.15) is 0 Å². The number of benzene rings is 2. The maximum atomic E-state index is 12.3. The van der Waals surface area contributed by atoms with Gasteiger partial charge in [-0.2, -0.15) is 0 Å². The summed E-state index contributed by atoms with van der Waals surface area (Å²) in [5, 5.41) is 0. The summed E-state index contributed by atoms with van der Waals surface area (Å²) >= 11 is 0. The number of anilines is 2. The Kier molecular flexibility index (Phi) is 4.41. The molecule has 0 heterocycles. The summed E-state index contributed by atoms with van der Waals surface area (Å²) in [7, 11) is 1.81. The van der Waals surface area contributed by atoms with E-state index in [1.165, 1.54) is 0 Å². The number of nitrogens with zero attached hydrogens (tertiary/aromatic N) is 1. The zero-order valence-electron chi connectivity index (χ0n) is 11.9. The Morgan fingerprint density at radius 1 is 1.10 bits per heavy atom. The number of rotatable bonds is 4. The predicted octanol–water partition coefficient (Wildman–Crippen LogP) is 3.43. The second-order valence-electron chi connectivity index (χ2n) is 5.06. The largest absolute Gasteiger partial charge is 0.399 e. The third-order valence-corrected chi connectivity index (χ3v) is 3.50. The van der Waals surface area contributed by atoms with E-state index < -0.39 is 0 Å². The van der Waals surface area contributed by atoms with Crippen molar-refractivity contribution in [3.05, 3.63) is 60.2 Å². The minimum Gasteiger partial charge on any atom is -0.399 e. The van der Waals surface area contributed by atoms with Crippen molar-refractivity contribution in [1.82, 2.24) is 0 Å². The van der Waals surface area contributed by atoms with Crippen molar-refractivity contribution in [3.63, 3.8) is 0 Å². The smallest absolute Gasteiger partial charge is 0.227 e. The highest BCUT2D eigenvalue weighted by Crippen LogP contribution is 2.22. The molecule has 1 atom stereocenters. The summed E-state index contributed by atoms with van der Waals surface area (Å²) in [5.41, 5.74) is 8.47. The molecular formula is C17H20N2O. The fraction of sp³-hybridized carbons (Fsp3) is 0.235. The fourth-order valence-electron chi connectivity index (χ4n) is 2.14. The number of amides is 1. The summed E-state index contributed by atoms with van der Waals surface area (Å²) in [5.74, 6) is 0.287. The second-order valence-corrected chi connectivity index (χ2v) is 5.06. The van der Waals surface area contributed by atoms with E-state index in [0.717, 1.165) is 16.9 Å². The van der Waals surface area contributed by atoms with Crippen molar-refractivity contribution in [2.45, 2.75) is 19.3 Å². The molecule has 3 nitrogen and oxygen atoms in total. The molecule has 0 saturated heterocycles. The SMILES string of the molecule is CC(CC(=O)N(C)c1ccccc1)c1ccc(N)cc1. The first-order valence-electron chi connectivity index (χ1n) is 6.75. The molecule has 1 unspecified atom stereocenters. The van der Waals surface area contributed by atoms with Crippen LogP contribution in [-0.2, 0) is 4.79 Å². The van der Waals surface area contributed by atoms with Gasteiger partial charge in [-0.05, 0) is 35.7 Å². The van der Waals surface area contributed by atoms with Crippen LogP contribution in [0, 0.1) is 0 Å². The highest BCUT2D eigenvalue weighted by atomic mass is 16.2. The highest BCUT2D eigenvalue weighted by molar-refractivity contribution is 5.93. The molecule has 0 spiro atoms. The van der Waals surface area contributed by atoms with E-state index in [9.17, 15) is 4.79 Å².